The Bertz CT molecular complexity index is 1710. The standard InChI is InChI=1S/C34H38F3N5O10/c1-21-27(28(22-10-7-11-24(17-22)42(47)48)29(31(44)49-2)30(41-21)34(35,36)37)32(45)50-15-5-6-16-51-33(46)40-14-8-13-39-19-25(43)20-52-26-12-4-3-9-23(26)18-38/h3-4,7,9-12,17,25,28,39,41,43H,5-6,8,13-16,19-20H2,1-2H3,(H,40,46). The number of carbonyl (C=O) groups excluding carboxylic acids is 3. The van der Waals surface area contributed by atoms with Crippen LogP contribution in [-0.2, 0) is 23.8 Å². The van der Waals surface area contributed by atoms with E-state index in [0.29, 0.717) is 24.3 Å². The third-order valence-corrected chi connectivity index (χ3v) is 7.51. The molecule has 280 valence electrons. The molecule has 2 aromatic carbocycles. The van der Waals surface area contributed by atoms with E-state index < -0.39 is 58.1 Å². The Labute approximate surface area is 296 Å². The van der Waals surface area contributed by atoms with Crippen molar-refractivity contribution >= 4 is 23.7 Å². The van der Waals surface area contributed by atoms with E-state index in [2.05, 4.69) is 20.7 Å². The number of rotatable bonds is 18. The summed E-state index contributed by atoms with van der Waals surface area (Å²) < 4.78 is 62.7. The van der Waals surface area contributed by atoms with E-state index in [-0.39, 0.29) is 62.6 Å². The number of aliphatic hydroxyl groups excluding tert-OH is 1. The first-order valence-electron chi connectivity index (χ1n) is 16.0. The van der Waals surface area contributed by atoms with Crippen molar-refractivity contribution in [2.45, 2.75) is 44.4 Å². The number of amides is 1. The SMILES string of the molecule is COC(=O)C1=C(C(F)(F)F)NC(C)=C(C(=O)OCCCCOC(=O)NCCCNCC(O)COc2ccccc2C#N)C1c1cccc([N+](=O)[O-])c1. The molecule has 0 saturated heterocycles. The van der Waals surface area contributed by atoms with E-state index in [1.165, 1.54) is 19.1 Å². The van der Waals surface area contributed by atoms with Gasteiger partial charge in [0.2, 0.25) is 0 Å². The minimum atomic E-state index is -5.07. The van der Waals surface area contributed by atoms with E-state index in [0.717, 1.165) is 19.2 Å². The number of hydrogen-bond acceptors (Lipinski definition) is 13. The minimum absolute atomic E-state index is 0.0123. The zero-order valence-electron chi connectivity index (χ0n) is 28.3. The van der Waals surface area contributed by atoms with Crippen LogP contribution in [0.1, 0.15) is 43.2 Å². The second-order valence-corrected chi connectivity index (χ2v) is 11.3. The van der Waals surface area contributed by atoms with Gasteiger partial charge in [-0.05, 0) is 50.4 Å². The van der Waals surface area contributed by atoms with E-state index >= 15 is 0 Å². The number of allylic oxidation sites excluding steroid dienone is 2. The highest BCUT2D eigenvalue weighted by Gasteiger charge is 2.47. The number of nitriles is 1. The molecule has 1 aliphatic heterocycles. The number of carbonyl (C=O) groups is 3. The molecule has 2 unspecified atom stereocenters. The molecular weight excluding hydrogens is 695 g/mol. The number of non-ortho nitro benzene ring substituents is 1. The minimum Gasteiger partial charge on any atom is -0.489 e. The maximum absolute atomic E-state index is 14.1. The lowest BCUT2D eigenvalue weighted by Crippen LogP contribution is -2.38. The summed E-state index contributed by atoms with van der Waals surface area (Å²) in [5.74, 6) is -3.80. The number of unbranched alkanes of at least 4 members (excludes halogenated alkanes) is 1. The number of para-hydroxylation sites is 1. The number of ether oxygens (including phenoxy) is 4. The molecule has 3 rings (SSSR count). The molecule has 2 aromatic rings. The normalized spacial score (nSPS) is 14.8. The van der Waals surface area contributed by atoms with Crippen LogP contribution in [0.2, 0.25) is 0 Å². The highest BCUT2D eigenvalue weighted by Crippen LogP contribution is 2.44. The second-order valence-electron chi connectivity index (χ2n) is 11.3. The molecule has 0 aliphatic carbocycles. The van der Waals surface area contributed by atoms with Crippen molar-refractivity contribution in [1.82, 2.24) is 16.0 Å². The number of nitrogens with zero attached hydrogens (tertiary/aromatic N) is 2. The third kappa shape index (κ3) is 11.7. The molecular formula is C34H38F3N5O10. The Balaban J connectivity index is 1.43. The third-order valence-electron chi connectivity index (χ3n) is 7.51. The zero-order valence-corrected chi connectivity index (χ0v) is 28.3. The second kappa shape index (κ2) is 19.7. The van der Waals surface area contributed by atoms with E-state index in [4.69, 9.17) is 19.5 Å². The van der Waals surface area contributed by atoms with Crippen molar-refractivity contribution in [3.05, 3.63) is 92.3 Å². The number of halogens is 3. The van der Waals surface area contributed by atoms with Crippen LogP contribution in [-0.4, -0.2) is 86.9 Å². The Morgan fingerprint density at radius 1 is 1.04 bits per heavy atom. The number of nitrogens with one attached hydrogen (secondary N) is 3. The van der Waals surface area contributed by atoms with Crippen molar-refractivity contribution in [3.8, 4) is 11.8 Å². The predicted molar refractivity (Wildman–Crippen MR) is 176 cm³/mol. The molecule has 0 radical (unpaired) electrons. The van der Waals surface area contributed by atoms with Gasteiger partial charge in [0.25, 0.3) is 5.69 Å². The molecule has 0 aromatic heterocycles. The summed E-state index contributed by atoms with van der Waals surface area (Å²) in [6.45, 7) is 1.89. The van der Waals surface area contributed by atoms with Gasteiger partial charge in [0.15, 0.2) is 0 Å². The summed E-state index contributed by atoms with van der Waals surface area (Å²) in [7, 11) is 0.864. The summed E-state index contributed by atoms with van der Waals surface area (Å²) in [5.41, 5.74) is -3.34. The predicted octanol–water partition coefficient (Wildman–Crippen LogP) is 3.89. The lowest BCUT2D eigenvalue weighted by atomic mass is 9.80. The zero-order chi connectivity index (χ0) is 38.3. The number of esters is 2. The maximum atomic E-state index is 14.1. The number of aliphatic hydroxyl groups is 1. The molecule has 1 aliphatic rings. The van der Waals surface area contributed by atoms with Gasteiger partial charge in [-0.15, -0.1) is 0 Å². The molecule has 0 bridgehead atoms. The Morgan fingerprint density at radius 3 is 2.42 bits per heavy atom. The molecule has 0 spiro atoms. The van der Waals surface area contributed by atoms with Gasteiger partial charge >= 0.3 is 24.2 Å². The van der Waals surface area contributed by atoms with Crippen molar-refractivity contribution in [2.24, 2.45) is 0 Å². The summed E-state index contributed by atoms with van der Waals surface area (Å²) in [6.07, 6.45) is -5.60. The summed E-state index contributed by atoms with van der Waals surface area (Å²) in [5, 5.41) is 38.2. The van der Waals surface area contributed by atoms with Gasteiger partial charge in [-0.2, -0.15) is 18.4 Å². The first-order chi connectivity index (χ1) is 24.8. The number of nitro benzene ring substituents is 1. The fourth-order valence-electron chi connectivity index (χ4n) is 5.07. The number of hydrogen-bond donors (Lipinski definition) is 4. The van der Waals surface area contributed by atoms with E-state index in [9.17, 15) is 42.8 Å². The van der Waals surface area contributed by atoms with E-state index in [1.54, 1.807) is 24.3 Å². The molecule has 0 saturated carbocycles. The van der Waals surface area contributed by atoms with Crippen LogP contribution in [0.25, 0.3) is 0 Å². The lowest BCUT2D eigenvalue weighted by molar-refractivity contribution is -0.384. The molecule has 15 nitrogen and oxygen atoms in total. The first-order valence-corrected chi connectivity index (χ1v) is 16.0. The van der Waals surface area contributed by atoms with E-state index in [1.807, 2.05) is 6.07 Å². The van der Waals surface area contributed by atoms with Gasteiger partial charge in [0, 0.05) is 30.9 Å². The van der Waals surface area contributed by atoms with Crippen molar-refractivity contribution in [1.29, 1.82) is 5.26 Å². The maximum Gasteiger partial charge on any atom is 0.431 e. The van der Waals surface area contributed by atoms with Crippen LogP contribution in [0.3, 0.4) is 0 Å². The Hall–Kier alpha value is -5.67. The molecule has 18 heteroatoms. The fourth-order valence-corrected chi connectivity index (χ4v) is 5.07. The van der Waals surface area contributed by atoms with Crippen molar-refractivity contribution < 1.29 is 56.5 Å². The summed E-state index contributed by atoms with van der Waals surface area (Å²) >= 11 is 0. The molecule has 52 heavy (non-hydrogen) atoms. The van der Waals surface area contributed by atoms with Crippen LogP contribution >= 0.6 is 0 Å². The van der Waals surface area contributed by atoms with Crippen molar-refractivity contribution in [2.75, 3.05) is 46.6 Å². The monoisotopic (exact) mass is 733 g/mol. The topological polar surface area (TPSA) is 211 Å². The number of benzene rings is 2. The van der Waals surface area contributed by atoms with Gasteiger partial charge in [0.05, 0.1) is 47.9 Å². The van der Waals surface area contributed by atoms with Crippen LogP contribution in [0.5, 0.6) is 5.75 Å². The van der Waals surface area contributed by atoms with Crippen molar-refractivity contribution in [3.63, 3.8) is 0 Å². The molecule has 4 N–H and O–H groups in total. The van der Waals surface area contributed by atoms with Gasteiger partial charge in [-0.3, -0.25) is 10.1 Å². The largest absolute Gasteiger partial charge is 0.489 e. The fraction of sp³-hybridized carbons (Fsp3) is 0.412. The lowest BCUT2D eigenvalue weighted by Gasteiger charge is -2.31. The Morgan fingerprint density at radius 2 is 1.75 bits per heavy atom. The van der Waals surface area contributed by atoms with Gasteiger partial charge < -0.3 is 40.0 Å². The van der Waals surface area contributed by atoms with Gasteiger partial charge in [-0.25, -0.2) is 14.4 Å². The molecule has 1 heterocycles. The average Bonchev–Trinajstić information content (AvgIpc) is 3.12. The number of nitro groups is 1. The van der Waals surface area contributed by atoms with Crippen LogP contribution in [0.15, 0.2) is 71.1 Å². The number of alkyl carbamates (subject to hydrolysis) is 1. The smallest absolute Gasteiger partial charge is 0.431 e. The number of dihydropyridines is 1. The quantitative estimate of drug-likeness (QED) is 0.0564. The van der Waals surface area contributed by atoms with Crippen LogP contribution < -0.4 is 20.7 Å². The highest BCUT2D eigenvalue weighted by molar-refractivity contribution is 6.00. The van der Waals surface area contributed by atoms with Gasteiger partial charge in [-0.1, -0.05) is 24.3 Å². The summed E-state index contributed by atoms with van der Waals surface area (Å²) in [4.78, 5) is 48.6. The average molecular weight is 734 g/mol. The van der Waals surface area contributed by atoms with Gasteiger partial charge in [0.1, 0.15) is 30.2 Å². The molecule has 0 fully saturated rings. The van der Waals surface area contributed by atoms with Crippen LogP contribution in [0, 0.1) is 21.4 Å². The van der Waals surface area contributed by atoms with Crippen LogP contribution in [0.4, 0.5) is 23.7 Å². The number of alkyl halides is 3. The summed E-state index contributed by atoms with van der Waals surface area (Å²) in [6, 6.07) is 13.2. The first kappa shape index (κ1) is 40.8. The molecule has 1 amide bonds. The molecule has 2 atom stereocenters. The Kier molecular flexibility index (Phi) is 15.4. The highest BCUT2D eigenvalue weighted by atomic mass is 19.4. The number of methoxy groups -OCH3 is 1.